The van der Waals surface area contributed by atoms with Crippen LogP contribution in [0.15, 0.2) is 231 Å². The first-order chi connectivity index (χ1) is 38.7. The first-order valence-electron chi connectivity index (χ1n) is 25.4. The van der Waals surface area contributed by atoms with E-state index in [4.69, 9.17) is 0 Å². The molecule has 397 valence electrons. The van der Waals surface area contributed by atoms with Crippen molar-refractivity contribution >= 4 is 89.4 Å². The van der Waals surface area contributed by atoms with E-state index in [1.165, 1.54) is 18.2 Å². The average molecular weight is 1200 g/mol. The van der Waals surface area contributed by atoms with Gasteiger partial charge in [-0.05, 0) is 100 Å². The van der Waals surface area contributed by atoms with Crippen LogP contribution in [0.3, 0.4) is 0 Å². The minimum Gasteiger partial charge on any atom is -0.478 e. The molecule has 10 aromatic carbocycles. The van der Waals surface area contributed by atoms with Gasteiger partial charge in [0.15, 0.2) is 17.3 Å². The number of carboxylic acid groups (broad SMARTS) is 3. The molecule has 2 heterocycles. The van der Waals surface area contributed by atoms with Gasteiger partial charge >= 0.3 is 17.9 Å². The van der Waals surface area contributed by atoms with Crippen molar-refractivity contribution in [2.45, 2.75) is 20.8 Å². The van der Waals surface area contributed by atoms with Crippen molar-refractivity contribution < 1.29 is 93.5 Å². The molecule has 12 rings (SSSR count). The van der Waals surface area contributed by atoms with Crippen molar-refractivity contribution in [2.75, 3.05) is 0 Å². The summed E-state index contributed by atoms with van der Waals surface area (Å²) in [5.74, 6) is -4.10. The normalized spacial score (nSPS) is 10.5. The minimum absolute atomic E-state index is 0. The number of aromatic carboxylic acids is 3. The third-order valence-corrected chi connectivity index (χ3v) is 13.7. The van der Waals surface area contributed by atoms with Crippen molar-refractivity contribution in [3.8, 4) is 0 Å². The molecule has 1 radical (unpaired) electrons. The van der Waals surface area contributed by atoms with Crippen molar-refractivity contribution in [2.24, 2.45) is 0 Å². The van der Waals surface area contributed by atoms with Gasteiger partial charge in [0.25, 0.3) is 0 Å². The molecule has 0 fully saturated rings. The molecule has 0 aliphatic heterocycles. The van der Waals surface area contributed by atoms with E-state index >= 15 is 0 Å². The van der Waals surface area contributed by atoms with Crippen LogP contribution in [0, 0.1) is 70.1 Å². The summed E-state index contributed by atoms with van der Waals surface area (Å²) in [4.78, 5) is 81.2. The molecule has 81 heavy (non-hydrogen) atoms. The number of benzene rings is 10. The summed E-state index contributed by atoms with van der Waals surface area (Å²) in [5, 5.41) is 35.6. The molecule has 0 saturated heterocycles. The smallest absolute Gasteiger partial charge is 0.336 e. The number of pyridine rings is 2. The maximum Gasteiger partial charge on any atom is 0.336 e. The molecule has 0 saturated carbocycles. The van der Waals surface area contributed by atoms with Crippen molar-refractivity contribution in [3.63, 3.8) is 0 Å². The molecule has 2 aromatic heterocycles. The third kappa shape index (κ3) is 12.6. The van der Waals surface area contributed by atoms with Crippen molar-refractivity contribution in [3.05, 3.63) is 298 Å². The predicted molar refractivity (Wildman–Crippen MR) is 314 cm³/mol. The second kappa shape index (κ2) is 26.2. The number of carbonyl (C=O) groups is 6. The van der Waals surface area contributed by atoms with E-state index in [0.29, 0.717) is 16.7 Å². The number of carboxylic acids is 3. The number of fused-ring (bicyclic) bond motifs is 6. The largest absolute Gasteiger partial charge is 0.478 e. The zero-order valence-corrected chi connectivity index (χ0v) is 46.4. The van der Waals surface area contributed by atoms with E-state index in [-0.39, 0.29) is 100 Å². The number of ketones is 3. The number of aromatic nitrogens is 2. The Labute approximate surface area is 506 Å². The molecule has 12 aromatic rings. The average Bonchev–Trinajstić information content (AvgIpc) is 3.68. The molecule has 0 amide bonds. The molecule has 0 spiro atoms. The number of nitrogens with zero attached hydrogens (tertiary/aromatic N) is 2. The van der Waals surface area contributed by atoms with Crippen LogP contribution >= 0.6 is 0 Å². The number of carbonyl (C=O) groups excluding carboxylic acids is 3. The van der Waals surface area contributed by atoms with Gasteiger partial charge in [-0.2, -0.15) is 0 Å². The van der Waals surface area contributed by atoms with Crippen LogP contribution in [0.25, 0.3) is 54.1 Å². The van der Waals surface area contributed by atoms with E-state index < -0.39 is 17.9 Å². The van der Waals surface area contributed by atoms with Gasteiger partial charge < -0.3 is 15.3 Å². The van der Waals surface area contributed by atoms with Crippen LogP contribution in [0.4, 0.5) is 0 Å². The monoisotopic (exact) mass is 1200 g/mol. The maximum absolute atomic E-state index is 12.8. The topological polar surface area (TPSA) is 189 Å². The predicted octanol–water partition coefficient (Wildman–Crippen LogP) is 15.0. The molecular formula is C69H50EuN2O9. The molecule has 0 unspecified atom stereocenters. The van der Waals surface area contributed by atoms with Gasteiger partial charge in [0.1, 0.15) is 0 Å². The molecule has 11 nitrogen and oxygen atoms in total. The van der Waals surface area contributed by atoms with Crippen LogP contribution in [0.2, 0.25) is 0 Å². The Morgan fingerprint density at radius 2 is 0.519 bits per heavy atom. The minimum atomic E-state index is -1.10. The van der Waals surface area contributed by atoms with Gasteiger partial charge in [0, 0.05) is 106 Å². The molecule has 0 aliphatic rings. The fourth-order valence-corrected chi connectivity index (χ4v) is 9.66. The van der Waals surface area contributed by atoms with Crippen LogP contribution in [-0.2, 0) is 0 Å². The summed E-state index contributed by atoms with van der Waals surface area (Å²) >= 11 is 0. The van der Waals surface area contributed by atoms with E-state index in [1.54, 1.807) is 85.2 Å². The fourth-order valence-electron chi connectivity index (χ4n) is 9.66. The SMILES string of the molecule is Cc1ccc(C(=O)c2ccccc2C(=O)O)c2ccccc12.Cc1ccc(C(=O)c2ccccc2C(=O)O)c2ccccc12.Cc1ccc(C(=O)c2ccccc2C(=O)O)c2ccccc12.[Eu].c1cnc2c(c1)ccc1cccnc12. The van der Waals surface area contributed by atoms with Gasteiger partial charge in [0.2, 0.25) is 0 Å². The molecular weight excluding hydrogens is 1150 g/mol. The molecule has 3 N–H and O–H groups in total. The Morgan fingerprint density at radius 3 is 0.790 bits per heavy atom. The number of hydrogen-bond acceptors (Lipinski definition) is 8. The Kier molecular flexibility index (Phi) is 18.7. The van der Waals surface area contributed by atoms with Crippen molar-refractivity contribution in [1.29, 1.82) is 0 Å². The Hall–Kier alpha value is -9.20. The van der Waals surface area contributed by atoms with Gasteiger partial charge in [0.05, 0.1) is 27.7 Å². The van der Waals surface area contributed by atoms with Crippen molar-refractivity contribution in [1.82, 2.24) is 9.97 Å². The van der Waals surface area contributed by atoms with E-state index in [2.05, 4.69) is 34.2 Å². The van der Waals surface area contributed by atoms with Gasteiger partial charge in [-0.1, -0.05) is 188 Å². The first kappa shape index (κ1) is 58.0. The van der Waals surface area contributed by atoms with Gasteiger partial charge in [-0.3, -0.25) is 24.4 Å². The fraction of sp³-hybridized carbons (Fsp3) is 0.0435. The van der Waals surface area contributed by atoms with Gasteiger partial charge in [-0.25, -0.2) is 14.4 Å². The zero-order valence-electron chi connectivity index (χ0n) is 44.0. The summed E-state index contributed by atoms with van der Waals surface area (Å²) in [7, 11) is 0. The second-order valence-corrected chi connectivity index (χ2v) is 18.7. The van der Waals surface area contributed by atoms with Crippen LogP contribution in [0.1, 0.15) is 95.5 Å². The standard InChI is InChI=1S/3C19H14O3.C12H8N2.Eu/c3*1-12-10-11-16(14-7-3-2-6-13(12)14)18(20)15-8-4-5-9-17(15)19(21)22;1-3-9-5-6-10-4-2-8-14-12(10)11(9)13-7-1;/h3*2-11H,1H3,(H,21,22);1-8H;. The van der Waals surface area contributed by atoms with Crippen LogP contribution in [-0.4, -0.2) is 60.5 Å². The summed E-state index contributed by atoms with van der Waals surface area (Å²) < 4.78 is 0. The second-order valence-electron chi connectivity index (χ2n) is 18.7. The van der Waals surface area contributed by atoms with Gasteiger partial charge in [-0.15, -0.1) is 0 Å². The quantitative estimate of drug-likeness (QED) is 0.0921. The number of rotatable bonds is 9. The molecule has 0 bridgehead atoms. The Bertz CT molecular complexity index is 4010. The van der Waals surface area contributed by atoms with Crippen LogP contribution < -0.4 is 0 Å². The van der Waals surface area contributed by atoms with E-state index in [0.717, 1.165) is 70.8 Å². The first-order valence-corrected chi connectivity index (χ1v) is 25.4. The summed E-state index contributed by atoms with van der Waals surface area (Å²) in [6, 6.07) is 65.0. The molecule has 0 atom stereocenters. The number of hydrogen-bond donors (Lipinski definition) is 3. The summed E-state index contributed by atoms with van der Waals surface area (Å²) in [6.45, 7) is 5.96. The molecule has 0 aliphatic carbocycles. The van der Waals surface area contributed by atoms with Crippen LogP contribution in [0.5, 0.6) is 0 Å². The third-order valence-electron chi connectivity index (χ3n) is 13.7. The van der Waals surface area contributed by atoms with E-state index in [1.807, 2.05) is 124 Å². The maximum atomic E-state index is 12.8. The van der Waals surface area contributed by atoms with E-state index in [9.17, 15) is 44.1 Å². The Balaban J connectivity index is 0.000000143. The Morgan fingerprint density at radius 1 is 0.272 bits per heavy atom. The zero-order chi connectivity index (χ0) is 56.5. The molecule has 12 heteroatoms. The summed E-state index contributed by atoms with van der Waals surface area (Å²) in [5.41, 5.74) is 7.48. The number of aryl methyl sites for hydroxylation is 3. The summed E-state index contributed by atoms with van der Waals surface area (Å²) in [6.07, 6.45) is 3.60.